The maximum Gasteiger partial charge on any atom is 0.341 e. The summed E-state index contributed by atoms with van der Waals surface area (Å²) in [6.07, 6.45) is 0.0225. The minimum atomic E-state index is -1.59. The van der Waals surface area contributed by atoms with Crippen molar-refractivity contribution in [3.8, 4) is 0 Å². The van der Waals surface area contributed by atoms with Gasteiger partial charge in [0.2, 0.25) is 0 Å². The van der Waals surface area contributed by atoms with Crippen molar-refractivity contribution in [1.82, 2.24) is 0 Å². The number of nitrogens with two attached hydrogens (primary N) is 1. The van der Waals surface area contributed by atoms with E-state index in [9.17, 15) is 14.7 Å². The van der Waals surface area contributed by atoms with Gasteiger partial charge >= 0.3 is 11.9 Å². The third-order valence-electron chi connectivity index (χ3n) is 3.24. The second-order valence-electron chi connectivity index (χ2n) is 6.34. The third-order valence-corrected chi connectivity index (χ3v) is 3.24. The molecule has 0 aliphatic rings. The zero-order chi connectivity index (χ0) is 17.0. The van der Waals surface area contributed by atoms with Crippen molar-refractivity contribution in [1.29, 1.82) is 0 Å². The minimum Gasteiger partial charge on any atom is -0.459 e. The molecule has 1 aromatic carbocycles. The van der Waals surface area contributed by atoms with Crippen LogP contribution in [0.1, 0.15) is 38.8 Å². The van der Waals surface area contributed by atoms with Crippen LogP contribution in [0.3, 0.4) is 0 Å². The number of hydrogen-bond donors (Lipinski definition) is 2. The number of carbonyl (C=O) groups excluding carboxylic acids is 2. The molecule has 0 saturated heterocycles. The summed E-state index contributed by atoms with van der Waals surface area (Å²) in [5.74, 6) is 3.38. The third kappa shape index (κ3) is 4.29. The Morgan fingerprint density at radius 3 is 2.09 bits per heavy atom. The first-order chi connectivity index (χ1) is 10.1. The van der Waals surface area contributed by atoms with Crippen LogP contribution in [-0.4, -0.2) is 22.6 Å². The Hall–Kier alpha value is -1.92. The van der Waals surface area contributed by atoms with E-state index >= 15 is 0 Å². The molecule has 0 bridgehead atoms. The molecule has 0 aromatic heterocycles. The van der Waals surface area contributed by atoms with E-state index in [4.69, 9.17) is 10.6 Å². The summed E-state index contributed by atoms with van der Waals surface area (Å²) < 4.78 is 5.31. The lowest BCUT2D eigenvalue weighted by Gasteiger charge is -2.29. The molecule has 1 unspecified atom stereocenters. The lowest BCUT2D eigenvalue weighted by atomic mass is 9.82. The van der Waals surface area contributed by atoms with Crippen molar-refractivity contribution in [2.75, 3.05) is 0 Å². The van der Waals surface area contributed by atoms with E-state index in [1.807, 2.05) is 0 Å². The Balaban J connectivity index is 3.17. The molecule has 0 radical (unpaired) electrons. The van der Waals surface area contributed by atoms with Gasteiger partial charge in [0.1, 0.15) is 5.60 Å². The van der Waals surface area contributed by atoms with Gasteiger partial charge in [-0.2, -0.15) is 5.90 Å². The molecule has 0 saturated carbocycles. The Morgan fingerprint density at radius 2 is 1.64 bits per heavy atom. The van der Waals surface area contributed by atoms with E-state index in [1.165, 1.54) is 6.92 Å². The second-order valence-corrected chi connectivity index (χ2v) is 6.34. The smallest absolute Gasteiger partial charge is 0.341 e. The highest BCUT2D eigenvalue weighted by Crippen LogP contribution is 2.29. The fourth-order valence-electron chi connectivity index (χ4n) is 2.01. The highest BCUT2D eigenvalue weighted by Gasteiger charge is 2.46. The van der Waals surface area contributed by atoms with Gasteiger partial charge in [-0.05, 0) is 45.2 Å². The van der Waals surface area contributed by atoms with E-state index in [-0.39, 0.29) is 13.0 Å². The molecule has 6 heteroatoms. The van der Waals surface area contributed by atoms with Crippen LogP contribution < -0.4 is 5.90 Å². The topological polar surface area (TPSA) is 98.8 Å². The van der Waals surface area contributed by atoms with Crippen molar-refractivity contribution < 1.29 is 24.3 Å². The van der Waals surface area contributed by atoms with Gasteiger partial charge in [0.05, 0.1) is 6.61 Å². The van der Waals surface area contributed by atoms with Gasteiger partial charge in [-0.3, -0.25) is 4.79 Å². The molecule has 1 atom stereocenters. The standard InChI is InChI=1S/C16H23NO5/c1-15(2,3)21-13(19)16(4,14(20)22-17)9-11-7-5-6-8-12(11)10-18/h5-8,18H,9-10,17H2,1-4H3. The average molecular weight is 309 g/mol. The monoisotopic (exact) mass is 309 g/mol. The van der Waals surface area contributed by atoms with Crippen molar-refractivity contribution in [2.45, 2.75) is 46.3 Å². The van der Waals surface area contributed by atoms with Crippen LogP contribution in [-0.2, 0) is 32.2 Å². The Bertz CT molecular complexity index is 550. The highest BCUT2D eigenvalue weighted by atomic mass is 16.7. The average Bonchev–Trinajstić information content (AvgIpc) is 2.44. The van der Waals surface area contributed by atoms with Crippen molar-refractivity contribution in [3.05, 3.63) is 35.4 Å². The molecule has 22 heavy (non-hydrogen) atoms. The van der Waals surface area contributed by atoms with E-state index in [0.29, 0.717) is 11.1 Å². The maximum absolute atomic E-state index is 12.4. The summed E-state index contributed by atoms with van der Waals surface area (Å²) in [5, 5.41) is 9.38. The molecule has 0 heterocycles. The highest BCUT2D eigenvalue weighted by molar-refractivity contribution is 6.00. The summed E-state index contributed by atoms with van der Waals surface area (Å²) in [7, 11) is 0. The fourth-order valence-corrected chi connectivity index (χ4v) is 2.01. The van der Waals surface area contributed by atoms with Crippen molar-refractivity contribution >= 4 is 11.9 Å². The Morgan fingerprint density at radius 1 is 1.09 bits per heavy atom. The number of carbonyl (C=O) groups is 2. The zero-order valence-corrected chi connectivity index (χ0v) is 13.4. The SMILES string of the molecule is CC(C)(C)OC(=O)C(C)(Cc1ccccc1CO)C(=O)ON. The number of ether oxygens (including phenoxy) is 1. The van der Waals surface area contributed by atoms with Crippen molar-refractivity contribution in [2.24, 2.45) is 11.3 Å². The van der Waals surface area contributed by atoms with Gasteiger partial charge in [0.25, 0.3) is 0 Å². The fraction of sp³-hybridized carbons (Fsp3) is 0.500. The summed E-state index contributed by atoms with van der Waals surface area (Å²) in [6, 6.07) is 6.98. The number of rotatable bonds is 5. The van der Waals surface area contributed by atoms with Crippen LogP contribution in [0.4, 0.5) is 0 Å². The van der Waals surface area contributed by atoms with E-state index in [0.717, 1.165) is 0 Å². The molecule has 0 spiro atoms. The molecule has 0 aliphatic carbocycles. The van der Waals surface area contributed by atoms with E-state index in [1.54, 1.807) is 45.0 Å². The summed E-state index contributed by atoms with van der Waals surface area (Å²) in [5.41, 5.74) is -1.05. The largest absolute Gasteiger partial charge is 0.459 e. The molecule has 0 fully saturated rings. The minimum absolute atomic E-state index is 0.0225. The molecular formula is C16H23NO5. The van der Waals surface area contributed by atoms with Crippen LogP contribution in [0.15, 0.2) is 24.3 Å². The predicted octanol–water partition coefficient (Wildman–Crippen LogP) is 1.49. The zero-order valence-electron chi connectivity index (χ0n) is 13.4. The molecule has 3 N–H and O–H groups in total. The number of aliphatic hydroxyl groups excluding tert-OH is 1. The van der Waals surface area contributed by atoms with Crippen LogP contribution in [0.5, 0.6) is 0 Å². The molecule has 1 aromatic rings. The normalized spacial score (nSPS) is 14.1. The van der Waals surface area contributed by atoms with Gasteiger partial charge in [0.15, 0.2) is 5.41 Å². The van der Waals surface area contributed by atoms with Crippen LogP contribution in [0, 0.1) is 5.41 Å². The number of aliphatic hydroxyl groups is 1. The number of esters is 1. The van der Waals surface area contributed by atoms with Crippen LogP contribution >= 0.6 is 0 Å². The lowest BCUT2D eigenvalue weighted by Crippen LogP contribution is -2.45. The van der Waals surface area contributed by atoms with Gasteiger partial charge in [0, 0.05) is 0 Å². The van der Waals surface area contributed by atoms with Gasteiger partial charge < -0.3 is 14.7 Å². The summed E-state index contributed by atoms with van der Waals surface area (Å²) in [4.78, 5) is 28.8. The molecule has 1 rings (SSSR count). The summed E-state index contributed by atoms with van der Waals surface area (Å²) >= 11 is 0. The Kier molecular flexibility index (Phi) is 5.68. The molecule has 6 nitrogen and oxygen atoms in total. The molecule has 0 aliphatic heterocycles. The molecular weight excluding hydrogens is 286 g/mol. The number of hydrogen-bond acceptors (Lipinski definition) is 6. The second kappa shape index (κ2) is 6.89. The van der Waals surface area contributed by atoms with Crippen molar-refractivity contribution in [3.63, 3.8) is 0 Å². The maximum atomic E-state index is 12.4. The van der Waals surface area contributed by atoms with Crippen LogP contribution in [0.2, 0.25) is 0 Å². The first kappa shape index (κ1) is 18.1. The summed E-state index contributed by atoms with van der Waals surface area (Å²) in [6.45, 7) is 6.35. The first-order valence-electron chi connectivity index (χ1n) is 6.96. The molecule has 122 valence electrons. The van der Waals surface area contributed by atoms with Gasteiger partial charge in [-0.15, -0.1) is 0 Å². The van der Waals surface area contributed by atoms with Gasteiger partial charge in [-0.25, -0.2) is 4.79 Å². The van der Waals surface area contributed by atoms with E-state index < -0.39 is 23.0 Å². The van der Waals surface area contributed by atoms with Gasteiger partial charge in [-0.1, -0.05) is 24.3 Å². The van der Waals surface area contributed by atoms with E-state index in [2.05, 4.69) is 4.84 Å². The quantitative estimate of drug-likeness (QED) is 0.486. The molecule has 0 amide bonds. The van der Waals surface area contributed by atoms with Crippen LogP contribution in [0.25, 0.3) is 0 Å². The number of benzene rings is 1. The predicted molar refractivity (Wildman–Crippen MR) is 80.3 cm³/mol. The lowest BCUT2D eigenvalue weighted by molar-refractivity contribution is -0.178. The Labute approximate surface area is 130 Å². The first-order valence-corrected chi connectivity index (χ1v) is 6.96.